The topological polar surface area (TPSA) is 12.0 Å². The third-order valence-corrected chi connectivity index (χ3v) is 5.11. The fraction of sp³-hybridized carbons (Fsp3) is 1.00. The molecule has 1 N–H and O–H groups in total. The molecule has 0 spiro atoms. The highest BCUT2D eigenvalue weighted by Gasteiger charge is 2.21. The molecule has 0 saturated heterocycles. The summed E-state index contributed by atoms with van der Waals surface area (Å²) in [5.74, 6) is 1.04. The molecule has 2 aliphatic rings. The molecule has 0 aromatic heterocycles. The van der Waals surface area contributed by atoms with Crippen LogP contribution in [-0.4, -0.2) is 12.1 Å². The van der Waals surface area contributed by atoms with Crippen LogP contribution in [-0.2, 0) is 0 Å². The summed E-state index contributed by atoms with van der Waals surface area (Å²) >= 11 is 0. The lowest BCUT2D eigenvalue weighted by Gasteiger charge is -2.24. The van der Waals surface area contributed by atoms with Gasteiger partial charge in [0.15, 0.2) is 0 Å². The van der Waals surface area contributed by atoms with E-state index in [0.29, 0.717) is 0 Å². The van der Waals surface area contributed by atoms with Crippen LogP contribution >= 0.6 is 0 Å². The molecule has 18 heavy (non-hydrogen) atoms. The molecule has 0 aliphatic heterocycles. The molecular formula is C17H33N. The predicted molar refractivity (Wildman–Crippen MR) is 79.9 cm³/mol. The highest BCUT2D eigenvalue weighted by molar-refractivity contribution is 4.80. The van der Waals surface area contributed by atoms with Crippen molar-refractivity contribution in [1.29, 1.82) is 0 Å². The molecule has 0 aromatic rings. The summed E-state index contributed by atoms with van der Waals surface area (Å²) in [6.07, 6.45) is 18.9. The second kappa shape index (κ2) is 8.19. The summed E-state index contributed by atoms with van der Waals surface area (Å²) < 4.78 is 0. The Bertz CT molecular complexity index is 206. The molecule has 1 heteroatoms. The molecule has 0 heterocycles. The maximum absolute atomic E-state index is 4.00. The fourth-order valence-corrected chi connectivity index (χ4v) is 4.02. The van der Waals surface area contributed by atoms with Gasteiger partial charge < -0.3 is 5.32 Å². The van der Waals surface area contributed by atoms with Crippen LogP contribution in [0.25, 0.3) is 0 Å². The second-order valence-electron chi connectivity index (χ2n) is 6.72. The summed E-state index contributed by atoms with van der Waals surface area (Å²) in [6, 6.07) is 1.69. The van der Waals surface area contributed by atoms with E-state index >= 15 is 0 Å². The van der Waals surface area contributed by atoms with E-state index < -0.39 is 0 Å². The van der Waals surface area contributed by atoms with E-state index in [-0.39, 0.29) is 0 Å². The van der Waals surface area contributed by atoms with Gasteiger partial charge >= 0.3 is 0 Å². The summed E-state index contributed by atoms with van der Waals surface area (Å²) in [5, 5.41) is 4.00. The number of hydrogen-bond acceptors (Lipinski definition) is 1. The van der Waals surface area contributed by atoms with Crippen molar-refractivity contribution < 1.29 is 0 Å². The van der Waals surface area contributed by atoms with Crippen molar-refractivity contribution in [3.05, 3.63) is 0 Å². The van der Waals surface area contributed by atoms with Gasteiger partial charge in [0.1, 0.15) is 0 Å². The van der Waals surface area contributed by atoms with Crippen molar-refractivity contribution in [2.45, 2.75) is 102 Å². The van der Waals surface area contributed by atoms with Gasteiger partial charge in [-0.25, -0.2) is 0 Å². The summed E-state index contributed by atoms with van der Waals surface area (Å²) in [5.41, 5.74) is 0. The van der Waals surface area contributed by atoms with Crippen molar-refractivity contribution in [2.75, 3.05) is 0 Å². The number of rotatable bonds is 4. The Balaban J connectivity index is 1.72. The van der Waals surface area contributed by atoms with E-state index in [1.165, 1.54) is 83.5 Å². The minimum absolute atomic E-state index is 0.843. The van der Waals surface area contributed by atoms with Crippen LogP contribution in [0, 0.1) is 5.92 Å². The quantitative estimate of drug-likeness (QED) is 0.690. The van der Waals surface area contributed by atoms with Crippen LogP contribution in [0.15, 0.2) is 0 Å². The third-order valence-electron chi connectivity index (χ3n) is 5.11. The molecule has 0 radical (unpaired) electrons. The Hall–Kier alpha value is -0.0400. The second-order valence-corrected chi connectivity index (χ2v) is 6.72. The molecule has 2 aliphatic carbocycles. The maximum Gasteiger partial charge on any atom is 0.00697 e. The van der Waals surface area contributed by atoms with E-state index in [1.807, 2.05) is 0 Å². The van der Waals surface area contributed by atoms with Crippen LogP contribution < -0.4 is 5.32 Å². The fourth-order valence-electron chi connectivity index (χ4n) is 4.02. The molecule has 106 valence electrons. The zero-order valence-electron chi connectivity index (χ0n) is 12.4. The van der Waals surface area contributed by atoms with Gasteiger partial charge in [0, 0.05) is 12.1 Å². The Morgan fingerprint density at radius 3 is 2.11 bits per heavy atom. The van der Waals surface area contributed by atoms with Crippen LogP contribution in [0.3, 0.4) is 0 Å². The summed E-state index contributed by atoms with van der Waals surface area (Å²) in [7, 11) is 0. The molecular weight excluding hydrogens is 218 g/mol. The van der Waals surface area contributed by atoms with Gasteiger partial charge in [-0.15, -0.1) is 0 Å². The van der Waals surface area contributed by atoms with Crippen LogP contribution in [0.2, 0.25) is 0 Å². The van der Waals surface area contributed by atoms with Gasteiger partial charge in [-0.1, -0.05) is 58.3 Å². The van der Waals surface area contributed by atoms with Crippen LogP contribution in [0.4, 0.5) is 0 Å². The number of hydrogen-bond donors (Lipinski definition) is 1. The monoisotopic (exact) mass is 251 g/mol. The lowest BCUT2D eigenvalue weighted by atomic mass is 9.95. The van der Waals surface area contributed by atoms with Crippen molar-refractivity contribution in [1.82, 2.24) is 5.32 Å². The molecule has 2 unspecified atom stereocenters. The average Bonchev–Trinajstić information content (AvgIpc) is 2.74. The van der Waals surface area contributed by atoms with E-state index in [4.69, 9.17) is 0 Å². The molecule has 0 aromatic carbocycles. The average molecular weight is 251 g/mol. The molecule has 2 rings (SSSR count). The zero-order chi connectivity index (χ0) is 12.6. The smallest absolute Gasteiger partial charge is 0.00697 e. The molecule has 0 bridgehead atoms. The first-order valence-electron chi connectivity index (χ1n) is 8.64. The third kappa shape index (κ3) is 4.91. The van der Waals surface area contributed by atoms with Gasteiger partial charge in [-0.3, -0.25) is 0 Å². The molecule has 2 fully saturated rings. The lowest BCUT2D eigenvalue weighted by Crippen LogP contribution is -2.37. The normalized spacial score (nSPS) is 31.8. The van der Waals surface area contributed by atoms with Crippen LogP contribution in [0.5, 0.6) is 0 Å². The van der Waals surface area contributed by atoms with Gasteiger partial charge in [0.25, 0.3) is 0 Å². The summed E-state index contributed by atoms with van der Waals surface area (Å²) in [6.45, 7) is 2.34. The zero-order valence-corrected chi connectivity index (χ0v) is 12.4. The Labute approximate surface area is 114 Å². The largest absolute Gasteiger partial charge is 0.311 e. The van der Waals surface area contributed by atoms with Crippen molar-refractivity contribution in [3.8, 4) is 0 Å². The van der Waals surface area contributed by atoms with E-state index in [9.17, 15) is 0 Å². The first-order valence-corrected chi connectivity index (χ1v) is 8.64. The van der Waals surface area contributed by atoms with Gasteiger partial charge in [0.05, 0.1) is 0 Å². The predicted octanol–water partition coefficient (Wildman–Crippen LogP) is 5.05. The minimum atomic E-state index is 0.843. The lowest BCUT2D eigenvalue weighted by molar-refractivity contribution is 0.359. The van der Waals surface area contributed by atoms with E-state index in [0.717, 1.165) is 18.0 Å². The summed E-state index contributed by atoms with van der Waals surface area (Å²) in [4.78, 5) is 0. The highest BCUT2D eigenvalue weighted by Crippen LogP contribution is 2.28. The minimum Gasteiger partial charge on any atom is -0.311 e. The number of nitrogens with one attached hydrogen (secondary N) is 1. The molecule has 1 nitrogen and oxygen atoms in total. The van der Waals surface area contributed by atoms with Crippen molar-refractivity contribution >= 4 is 0 Å². The Kier molecular flexibility index (Phi) is 6.54. The molecule has 2 atom stereocenters. The molecule has 2 saturated carbocycles. The van der Waals surface area contributed by atoms with Crippen molar-refractivity contribution in [2.24, 2.45) is 5.92 Å². The SMILES string of the molecule is CCCC1CCCC(NC2CCCCCC2)CC1. The first kappa shape index (κ1) is 14.4. The highest BCUT2D eigenvalue weighted by atomic mass is 14.9. The standard InChI is InChI=1S/C17H33N/c1-2-8-15-9-7-12-17(14-13-15)18-16-10-5-3-4-6-11-16/h15-18H,2-14H2,1H3. The maximum atomic E-state index is 4.00. The van der Waals surface area contributed by atoms with Gasteiger partial charge in [-0.05, 0) is 38.0 Å². The van der Waals surface area contributed by atoms with E-state index in [1.54, 1.807) is 0 Å². The first-order chi connectivity index (χ1) is 8.88. The van der Waals surface area contributed by atoms with Crippen LogP contribution in [0.1, 0.15) is 90.4 Å². The van der Waals surface area contributed by atoms with E-state index in [2.05, 4.69) is 12.2 Å². The van der Waals surface area contributed by atoms with Crippen molar-refractivity contribution in [3.63, 3.8) is 0 Å². The Morgan fingerprint density at radius 2 is 1.39 bits per heavy atom. The van der Waals surface area contributed by atoms with Gasteiger partial charge in [-0.2, -0.15) is 0 Å². The molecule has 0 amide bonds. The Morgan fingerprint density at radius 1 is 0.722 bits per heavy atom. The van der Waals surface area contributed by atoms with Gasteiger partial charge in [0.2, 0.25) is 0 Å².